The van der Waals surface area contributed by atoms with Crippen LogP contribution >= 0.6 is 11.6 Å². The second-order valence-corrected chi connectivity index (χ2v) is 3.04. The van der Waals surface area contributed by atoms with Crippen LogP contribution < -0.4 is 0 Å². The molecule has 0 aliphatic heterocycles. The first-order valence-electron chi connectivity index (χ1n) is 4.27. The highest BCUT2D eigenvalue weighted by Crippen LogP contribution is 1.95. The van der Waals surface area contributed by atoms with Crippen molar-refractivity contribution in [3.63, 3.8) is 0 Å². The minimum absolute atomic E-state index is 0.0590. The first-order chi connectivity index (χ1) is 7.34. The molecule has 16 heavy (non-hydrogen) atoms. The summed E-state index contributed by atoms with van der Waals surface area (Å²) in [6, 6.07) is 0. The third-order valence-corrected chi connectivity index (χ3v) is 1.46. The average Bonchev–Trinajstić information content (AvgIpc) is 2.25. The number of esters is 1. The lowest BCUT2D eigenvalue weighted by molar-refractivity contribution is -0.141. The quantitative estimate of drug-likeness (QED) is 0.431. The number of hydrogen-bond donors (Lipinski definition) is 2. The Labute approximate surface area is 99.0 Å². The van der Waals surface area contributed by atoms with Crippen molar-refractivity contribution in [1.29, 1.82) is 0 Å². The summed E-state index contributed by atoms with van der Waals surface area (Å²) in [7, 11) is 0. The molecular weight excluding hydrogens is 236 g/mol. The van der Waals surface area contributed by atoms with Gasteiger partial charge in [-0.1, -0.05) is 13.2 Å². The first-order valence-corrected chi connectivity index (χ1v) is 4.80. The van der Waals surface area contributed by atoms with E-state index in [9.17, 15) is 9.59 Å². The fraction of sp³-hybridized carbons (Fsp3) is 0.400. The van der Waals surface area contributed by atoms with Crippen LogP contribution in [0.3, 0.4) is 0 Å². The molecule has 0 aromatic rings. The van der Waals surface area contributed by atoms with Crippen molar-refractivity contribution in [1.82, 2.24) is 0 Å². The number of aliphatic carboxylic acids is 1. The Hall–Kier alpha value is -1.33. The minimum Gasteiger partial charge on any atom is -0.478 e. The molecule has 0 aromatic carbocycles. The predicted molar refractivity (Wildman–Crippen MR) is 60.3 cm³/mol. The van der Waals surface area contributed by atoms with Gasteiger partial charge in [-0.15, -0.1) is 11.6 Å². The van der Waals surface area contributed by atoms with E-state index in [1.54, 1.807) is 0 Å². The summed E-state index contributed by atoms with van der Waals surface area (Å²) in [5.41, 5.74) is 0.312. The molecule has 0 rings (SSSR count). The molecule has 0 heterocycles. The van der Waals surface area contributed by atoms with Crippen LogP contribution in [-0.4, -0.2) is 40.7 Å². The van der Waals surface area contributed by atoms with Crippen LogP contribution in [0.2, 0.25) is 0 Å². The van der Waals surface area contributed by atoms with Crippen LogP contribution in [0.15, 0.2) is 24.8 Å². The summed E-state index contributed by atoms with van der Waals surface area (Å²) in [4.78, 5) is 19.9. The van der Waals surface area contributed by atoms with Crippen molar-refractivity contribution in [2.45, 2.75) is 13.0 Å². The van der Waals surface area contributed by atoms with Gasteiger partial charge in [0.2, 0.25) is 0 Å². The molecule has 0 aliphatic carbocycles. The number of ether oxygens (including phenoxy) is 1. The van der Waals surface area contributed by atoms with Crippen molar-refractivity contribution >= 4 is 23.5 Å². The predicted octanol–water partition coefficient (Wildman–Crippen LogP) is 0.962. The molecule has 0 radical (unpaired) electrons. The molecule has 1 unspecified atom stereocenters. The topological polar surface area (TPSA) is 83.8 Å². The van der Waals surface area contributed by atoms with E-state index in [-0.39, 0.29) is 12.5 Å². The third-order valence-electron chi connectivity index (χ3n) is 1.11. The van der Waals surface area contributed by atoms with E-state index in [0.29, 0.717) is 5.57 Å². The zero-order valence-electron chi connectivity index (χ0n) is 8.98. The lowest BCUT2D eigenvalue weighted by Gasteiger charge is -2.07. The normalized spacial score (nSPS) is 10.4. The lowest BCUT2D eigenvalue weighted by Crippen LogP contribution is -2.19. The van der Waals surface area contributed by atoms with Gasteiger partial charge in [-0.25, -0.2) is 9.59 Å². The number of carboxylic acids is 1. The summed E-state index contributed by atoms with van der Waals surface area (Å²) in [6.07, 6.45) is 0.0416. The highest BCUT2D eigenvalue weighted by Gasteiger charge is 2.07. The van der Waals surface area contributed by atoms with E-state index in [1.807, 2.05) is 0 Å². The SMILES string of the molecule is C=C(C)C(=O)OCC(O)CCl.C=CC(=O)O. The largest absolute Gasteiger partial charge is 0.478 e. The molecular formula is C10H15ClO5. The average molecular weight is 251 g/mol. The van der Waals surface area contributed by atoms with Crippen LogP contribution in [0.4, 0.5) is 0 Å². The molecule has 0 saturated carbocycles. The van der Waals surface area contributed by atoms with Gasteiger partial charge < -0.3 is 14.9 Å². The van der Waals surface area contributed by atoms with Crippen molar-refractivity contribution in [3.8, 4) is 0 Å². The Balaban J connectivity index is 0. The number of aliphatic hydroxyl groups is 1. The third kappa shape index (κ3) is 12.7. The second kappa shape index (κ2) is 10.2. The maximum Gasteiger partial charge on any atom is 0.333 e. The minimum atomic E-state index is -0.981. The van der Waals surface area contributed by atoms with Gasteiger partial charge in [0.15, 0.2) is 0 Å². The van der Waals surface area contributed by atoms with E-state index in [0.717, 1.165) is 6.08 Å². The van der Waals surface area contributed by atoms with E-state index in [4.69, 9.17) is 21.8 Å². The summed E-state index contributed by atoms with van der Waals surface area (Å²) in [5, 5.41) is 16.5. The maximum atomic E-state index is 10.7. The Morgan fingerprint density at radius 1 is 1.56 bits per heavy atom. The van der Waals surface area contributed by atoms with Crippen molar-refractivity contribution < 1.29 is 24.5 Å². The summed E-state index contributed by atoms with van der Waals surface area (Å²) in [5.74, 6) is -1.43. The molecule has 0 spiro atoms. The van der Waals surface area contributed by atoms with Crippen LogP contribution in [0.5, 0.6) is 0 Å². The van der Waals surface area contributed by atoms with E-state index >= 15 is 0 Å². The van der Waals surface area contributed by atoms with Crippen molar-refractivity contribution in [2.24, 2.45) is 0 Å². The maximum absolute atomic E-state index is 10.7. The molecule has 0 bridgehead atoms. The Kier molecular flexibility index (Phi) is 10.9. The number of halogens is 1. The highest BCUT2D eigenvalue weighted by molar-refractivity contribution is 6.18. The molecule has 1 atom stereocenters. The molecule has 92 valence electrons. The number of hydrogen-bond acceptors (Lipinski definition) is 4. The van der Waals surface area contributed by atoms with Gasteiger partial charge in [0.05, 0.1) is 5.88 Å². The van der Waals surface area contributed by atoms with Gasteiger partial charge in [0, 0.05) is 11.6 Å². The van der Waals surface area contributed by atoms with Crippen molar-refractivity contribution in [2.75, 3.05) is 12.5 Å². The molecule has 0 saturated heterocycles. The fourth-order valence-corrected chi connectivity index (χ4v) is 0.429. The molecule has 0 aliphatic rings. The molecule has 0 fully saturated rings. The zero-order valence-corrected chi connectivity index (χ0v) is 9.74. The highest BCUT2D eigenvalue weighted by atomic mass is 35.5. The Morgan fingerprint density at radius 3 is 2.25 bits per heavy atom. The lowest BCUT2D eigenvalue weighted by atomic mass is 10.3. The fourth-order valence-electron chi connectivity index (χ4n) is 0.340. The van der Waals surface area contributed by atoms with Gasteiger partial charge in [0.1, 0.15) is 12.7 Å². The number of alkyl halides is 1. The number of carboxylic acid groups (broad SMARTS) is 1. The van der Waals surface area contributed by atoms with E-state index < -0.39 is 18.0 Å². The Morgan fingerprint density at radius 2 is 2.00 bits per heavy atom. The summed E-state index contributed by atoms with van der Waals surface area (Å²) >= 11 is 5.25. The molecule has 0 amide bonds. The number of rotatable bonds is 5. The summed E-state index contributed by atoms with van der Waals surface area (Å²) < 4.78 is 4.58. The molecule has 2 N–H and O–H groups in total. The number of carbonyl (C=O) groups excluding carboxylic acids is 1. The second-order valence-electron chi connectivity index (χ2n) is 2.73. The molecule has 0 aromatic heterocycles. The van der Waals surface area contributed by atoms with Gasteiger partial charge in [-0.05, 0) is 6.92 Å². The number of aliphatic hydroxyl groups excluding tert-OH is 1. The van der Waals surface area contributed by atoms with Gasteiger partial charge in [0.25, 0.3) is 0 Å². The van der Waals surface area contributed by atoms with Crippen LogP contribution in [0.1, 0.15) is 6.92 Å². The van der Waals surface area contributed by atoms with Crippen LogP contribution in [-0.2, 0) is 14.3 Å². The van der Waals surface area contributed by atoms with Crippen molar-refractivity contribution in [3.05, 3.63) is 24.8 Å². The smallest absolute Gasteiger partial charge is 0.333 e. The van der Waals surface area contributed by atoms with Gasteiger partial charge >= 0.3 is 11.9 Å². The monoisotopic (exact) mass is 250 g/mol. The van der Waals surface area contributed by atoms with E-state index in [1.165, 1.54) is 6.92 Å². The first kappa shape index (κ1) is 17.1. The van der Waals surface area contributed by atoms with Crippen LogP contribution in [0.25, 0.3) is 0 Å². The molecule has 6 heteroatoms. The standard InChI is InChI=1S/C7H11ClO3.C3H4O2/c1-5(2)7(10)11-4-6(9)3-8;1-2-3(4)5/h6,9H,1,3-4H2,2H3;2H,1H2,(H,4,5). The number of carbonyl (C=O) groups is 2. The van der Waals surface area contributed by atoms with Gasteiger partial charge in [-0.3, -0.25) is 0 Å². The van der Waals surface area contributed by atoms with E-state index in [2.05, 4.69) is 17.9 Å². The molecule has 5 nitrogen and oxygen atoms in total. The summed E-state index contributed by atoms with van der Waals surface area (Å²) in [6.45, 7) is 7.79. The zero-order chi connectivity index (χ0) is 13.1. The van der Waals surface area contributed by atoms with Crippen LogP contribution in [0, 0.1) is 0 Å². The van der Waals surface area contributed by atoms with Gasteiger partial charge in [-0.2, -0.15) is 0 Å². The Bertz CT molecular complexity index is 262.